The maximum absolute atomic E-state index is 12.4. The Bertz CT molecular complexity index is 759. The number of allylic oxidation sites excluding steroid dienone is 3. The molecule has 3 unspecified atom stereocenters. The van der Waals surface area contributed by atoms with E-state index in [-0.39, 0.29) is 22.9 Å². The minimum absolute atomic E-state index is 0.0369. The van der Waals surface area contributed by atoms with E-state index in [0.29, 0.717) is 5.03 Å². The van der Waals surface area contributed by atoms with E-state index in [2.05, 4.69) is 4.90 Å². The Balaban J connectivity index is 1.83. The number of likely N-dealkylation sites (N-methyl/N-ethyl adjacent to an activating group) is 1. The zero-order valence-electron chi connectivity index (χ0n) is 13.9. The van der Waals surface area contributed by atoms with Gasteiger partial charge in [-0.1, -0.05) is 29.3 Å². The molecule has 3 atom stereocenters. The van der Waals surface area contributed by atoms with Crippen LogP contribution in [0, 0.1) is 5.92 Å². The fourth-order valence-electron chi connectivity index (χ4n) is 3.46. The van der Waals surface area contributed by atoms with Crippen LogP contribution in [0.15, 0.2) is 47.0 Å². The summed E-state index contributed by atoms with van der Waals surface area (Å²) in [6.07, 6.45) is -1.16. The number of fused-ring (bicyclic) bond motifs is 1. The second kappa shape index (κ2) is 7.25. The molecular formula is C18H17Cl2F3N2O. The molecule has 1 aliphatic carbocycles. The van der Waals surface area contributed by atoms with Crippen molar-refractivity contribution in [2.24, 2.45) is 5.92 Å². The fraction of sp³-hybridized carbons (Fsp3) is 0.389. The number of nitrogens with one attached hydrogen (secondary N) is 1. The van der Waals surface area contributed by atoms with Crippen molar-refractivity contribution in [1.82, 2.24) is 4.90 Å². The molecule has 3 nitrogen and oxygen atoms in total. The van der Waals surface area contributed by atoms with Gasteiger partial charge in [0.05, 0.1) is 5.38 Å². The first kappa shape index (κ1) is 19.3. The molecule has 1 aromatic rings. The van der Waals surface area contributed by atoms with Crippen LogP contribution in [0.1, 0.15) is 11.5 Å². The quantitative estimate of drug-likeness (QED) is 0.735. The maximum atomic E-state index is 12.4. The van der Waals surface area contributed by atoms with Crippen LogP contribution in [-0.2, 0) is 4.79 Å². The van der Waals surface area contributed by atoms with Crippen LogP contribution in [0.5, 0.6) is 0 Å². The first-order valence-corrected chi connectivity index (χ1v) is 8.86. The van der Waals surface area contributed by atoms with E-state index in [4.69, 9.17) is 23.2 Å². The number of nitrogens with zero attached hydrogens (tertiary/aromatic N) is 1. The van der Waals surface area contributed by atoms with Crippen molar-refractivity contribution in [1.29, 1.82) is 0 Å². The highest BCUT2D eigenvalue weighted by Gasteiger charge is 2.39. The Labute approximate surface area is 159 Å². The number of benzene rings is 1. The SMILES string of the molecule is CN1CC(c2ccc(NC(=O)C(F)(F)F)cc2)C2=CC(Cl)=CC(Cl)C2C1. The van der Waals surface area contributed by atoms with E-state index < -0.39 is 12.1 Å². The number of carbonyl (C=O) groups excluding carboxylic acids is 1. The third-order valence-corrected chi connectivity index (χ3v) is 5.33. The minimum Gasteiger partial charge on any atom is -0.318 e. The molecule has 3 rings (SSSR count). The smallest absolute Gasteiger partial charge is 0.318 e. The molecular weight excluding hydrogens is 388 g/mol. The highest BCUT2D eigenvalue weighted by Crippen LogP contribution is 2.42. The lowest BCUT2D eigenvalue weighted by Crippen LogP contribution is -2.42. The molecule has 0 spiro atoms. The number of carbonyl (C=O) groups is 1. The molecule has 2 aliphatic rings. The van der Waals surface area contributed by atoms with Crippen LogP contribution in [0.4, 0.5) is 18.9 Å². The van der Waals surface area contributed by atoms with Gasteiger partial charge in [-0.3, -0.25) is 4.79 Å². The van der Waals surface area contributed by atoms with Gasteiger partial charge in [0.1, 0.15) is 0 Å². The lowest BCUT2D eigenvalue weighted by molar-refractivity contribution is -0.167. The Morgan fingerprint density at radius 2 is 1.88 bits per heavy atom. The average Bonchev–Trinajstić information content (AvgIpc) is 2.55. The molecule has 0 aromatic heterocycles. The van der Waals surface area contributed by atoms with Crippen LogP contribution in [0.25, 0.3) is 0 Å². The summed E-state index contributed by atoms with van der Waals surface area (Å²) < 4.78 is 37.1. The molecule has 1 aromatic carbocycles. The zero-order chi connectivity index (χ0) is 19.1. The number of hydrogen-bond donors (Lipinski definition) is 1. The van der Waals surface area contributed by atoms with E-state index in [1.165, 1.54) is 12.1 Å². The molecule has 0 saturated carbocycles. The molecule has 8 heteroatoms. The molecule has 0 radical (unpaired) electrons. The molecule has 1 aliphatic heterocycles. The lowest BCUT2D eigenvalue weighted by atomic mass is 9.76. The summed E-state index contributed by atoms with van der Waals surface area (Å²) in [6.45, 7) is 1.57. The van der Waals surface area contributed by atoms with E-state index in [1.807, 2.05) is 24.5 Å². The maximum Gasteiger partial charge on any atom is 0.471 e. The lowest BCUT2D eigenvalue weighted by Gasteiger charge is -2.41. The standard InChI is InChI=1S/C18H17Cl2F3N2O/c1-25-8-14(13-6-11(19)7-16(20)15(13)9-25)10-2-4-12(5-3-10)24-17(26)18(21,22)23/h2-7,14-16H,8-9H2,1H3,(H,24,26). The van der Waals surface area contributed by atoms with Gasteiger partial charge < -0.3 is 10.2 Å². The van der Waals surface area contributed by atoms with Gasteiger partial charge in [0.15, 0.2) is 0 Å². The Kier molecular flexibility index (Phi) is 5.37. The number of likely N-dealkylation sites (tertiary alicyclic amines) is 1. The largest absolute Gasteiger partial charge is 0.471 e. The van der Waals surface area contributed by atoms with Gasteiger partial charge in [-0.15, -0.1) is 11.6 Å². The second-order valence-corrected chi connectivity index (χ2v) is 7.53. The number of amides is 1. The normalized spacial score (nSPS) is 26.6. The summed E-state index contributed by atoms with van der Waals surface area (Å²) in [5.74, 6) is -1.82. The highest BCUT2D eigenvalue weighted by atomic mass is 35.5. The Hall–Kier alpha value is -1.50. The number of piperidine rings is 1. The third-order valence-electron chi connectivity index (χ3n) is 4.67. The van der Waals surface area contributed by atoms with Gasteiger partial charge in [-0.25, -0.2) is 0 Å². The molecule has 1 fully saturated rings. The summed E-state index contributed by atoms with van der Waals surface area (Å²) >= 11 is 12.6. The van der Waals surface area contributed by atoms with Gasteiger partial charge in [0.2, 0.25) is 0 Å². The fourth-order valence-corrected chi connectivity index (χ4v) is 4.14. The van der Waals surface area contributed by atoms with Crippen LogP contribution in [0.3, 0.4) is 0 Å². The summed E-state index contributed by atoms with van der Waals surface area (Å²) in [5.41, 5.74) is 2.17. The van der Waals surface area contributed by atoms with Crippen molar-refractivity contribution >= 4 is 34.8 Å². The summed E-state index contributed by atoms with van der Waals surface area (Å²) in [7, 11) is 2.01. The first-order chi connectivity index (χ1) is 12.1. The van der Waals surface area contributed by atoms with E-state index in [9.17, 15) is 18.0 Å². The van der Waals surface area contributed by atoms with E-state index in [1.54, 1.807) is 12.1 Å². The van der Waals surface area contributed by atoms with Crippen molar-refractivity contribution < 1.29 is 18.0 Å². The molecule has 1 saturated heterocycles. The van der Waals surface area contributed by atoms with Crippen LogP contribution in [-0.4, -0.2) is 42.5 Å². The predicted molar refractivity (Wildman–Crippen MR) is 96.5 cm³/mol. The van der Waals surface area contributed by atoms with Gasteiger partial charge >= 0.3 is 12.1 Å². The minimum atomic E-state index is -4.91. The first-order valence-electron chi connectivity index (χ1n) is 8.04. The van der Waals surface area contributed by atoms with Crippen molar-refractivity contribution in [3.63, 3.8) is 0 Å². The molecule has 140 valence electrons. The number of hydrogen-bond acceptors (Lipinski definition) is 2. The van der Waals surface area contributed by atoms with Crippen LogP contribution >= 0.6 is 23.2 Å². The molecule has 26 heavy (non-hydrogen) atoms. The van der Waals surface area contributed by atoms with E-state index in [0.717, 1.165) is 24.2 Å². The Morgan fingerprint density at radius 1 is 1.23 bits per heavy atom. The van der Waals surface area contributed by atoms with Crippen molar-refractivity contribution in [3.8, 4) is 0 Å². The van der Waals surface area contributed by atoms with E-state index >= 15 is 0 Å². The monoisotopic (exact) mass is 404 g/mol. The van der Waals surface area contributed by atoms with Crippen molar-refractivity contribution in [2.75, 3.05) is 25.5 Å². The van der Waals surface area contributed by atoms with Gasteiger partial charge in [0, 0.05) is 35.6 Å². The average molecular weight is 405 g/mol. The Morgan fingerprint density at radius 3 is 2.50 bits per heavy atom. The van der Waals surface area contributed by atoms with Gasteiger partial charge in [-0.2, -0.15) is 13.2 Å². The molecule has 1 heterocycles. The van der Waals surface area contributed by atoms with Crippen molar-refractivity contribution in [3.05, 3.63) is 52.6 Å². The summed E-state index contributed by atoms with van der Waals surface area (Å²) in [4.78, 5) is 13.2. The number of anilines is 1. The highest BCUT2D eigenvalue weighted by molar-refractivity contribution is 6.32. The van der Waals surface area contributed by atoms with Crippen molar-refractivity contribution in [2.45, 2.75) is 17.5 Å². The second-order valence-electron chi connectivity index (χ2n) is 6.59. The van der Waals surface area contributed by atoms with Gasteiger partial charge in [-0.05, 0) is 36.9 Å². The number of rotatable bonds is 2. The van der Waals surface area contributed by atoms with Crippen LogP contribution < -0.4 is 5.32 Å². The summed E-state index contributed by atoms with van der Waals surface area (Å²) in [5, 5.41) is 2.25. The van der Waals surface area contributed by atoms with Crippen LogP contribution in [0.2, 0.25) is 0 Å². The predicted octanol–water partition coefficient (Wildman–Crippen LogP) is 4.50. The molecule has 1 N–H and O–H groups in total. The zero-order valence-corrected chi connectivity index (χ0v) is 15.4. The van der Waals surface area contributed by atoms with Gasteiger partial charge in [0.25, 0.3) is 0 Å². The summed E-state index contributed by atoms with van der Waals surface area (Å²) in [6, 6.07) is 6.40. The number of halogens is 5. The third kappa shape index (κ3) is 4.08. The number of alkyl halides is 4. The topological polar surface area (TPSA) is 32.3 Å². The molecule has 1 amide bonds. The molecule has 0 bridgehead atoms.